The van der Waals surface area contributed by atoms with Gasteiger partial charge in [-0.25, -0.2) is 4.79 Å². The topological polar surface area (TPSA) is 76.7 Å². The van der Waals surface area contributed by atoms with Crippen molar-refractivity contribution in [3.05, 3.63) is 38.7 Å². The summed E-state index contributed by atoms with van der Waals surface area (Å²) in [5.41, 5.74) is 0.163. The van der Waals surface area contributed by atoms with E-state index in [1.807, 2.05) is 0 Å². The Labute approximate surface area is 135 Å². The van der Waals surface area contributed by atoms with Crippen LogP contribution in [0.1, 0.15) is 24.8 Å². The van der Waals surface area contributed by atoms with Gasteiger partial charge in [-0.15, -0.1) is 12.3 Å². The van der Waals surface area contributed by atoms with Gasteiger partial charge in [-0.1, -0.05) is 0 Å². The monoisotopic (exact) mass is 364 g/mol. The Morgan fingerprint density at radius 1 is 1.41 bits per heavy atom. The first kappa shape index (κ1) is 16.1. The molecule has 2 aromatic rings. The molecule has 1 aromatic carbocycles. The van der Waals surface area contributed by atoms with E-state index in [9.17, 15) is 14.7 Å². The van der Waals surface area contributed by atoms with Gasteiger partial charge < -0.3 is 14.3 Å². The SMILES string of the molecule is C#CCCCC(=O)OCc1cc(=O)oc2cc(O)c(Br)cc12. The van der Waals surface area contributed by atoms with E-state index in [2.05, 4.69) is 21.9 Å². The Balaban J connectivity index is 2.20. The summed E-state index contributed by atoms with van der Waals surface area (Å²) in [6, 6.07) is 4.20. The lowest BCUT2D eigenvalue weighted by Crippen LogP contribution is -2.07. The van der Waals surface area contributed by atoms with E-state index in [4.69, 9.17) is 15.6 Å². The molecule has 0 aliphatic rings. The van der Waals surface area contributed by atoms with Crippen molar-refractivity contribution < 1.29 is 19.1 Å². The minimum Gasteiger partial charge on any atom is -0.507 e. The number of phenols is 1. The molecule has 1 aromatic heterocycles. The fourth-order valence-electron chi connectivity index (χ4n) is 1.92. The molecule has 1 N–H and O–H groups in total. The molecule has 0 radical (unpaired) electrons. The van der Waals surface area contributed by atoms with Crippen molar-refractivity contribution in [1.82, 2.24) is 0 Å². The van der Waals surface area contributed by atoms with Gasteiger partial charge in [0, 0.05) is 35.9 Å². The molecule has 1 heterocycles. The molecule has 0 aliphatic carbocycles. The Kier molecular flexibility index (Phi) is 5.23. The number of hydrogen-bond donors (Lipinski definition) is 1. The zero-order chi connectivity index (χ0) is 16.1. The molecule has 2 rings (SSSR count). The van der Waals surface area contributed by atoms with Gasteiger partial charge in [0.05, 0.1) is 4.47 Å². The Hall–Kier alpha value is -2.26. The maximum atomic E-state index is 11.6. The molecule has 0 amide bonds. The van der Waals surface area contributed by atoms with Gasteiger partial charge in [0.15, 0.2) is 0 Å². The highest BCUT2D eigenvalue weighted by Gasteiger charge is 2.11. The van der Waals surface area contributed by atoms with E-state index in [0.29, 0.717) is 28.3 Å². The summed E-state index contributed by atoms with van der Waals surface area (Å²) in [4.78, 5) is 23.1. The van der Waals surface area contributed by atoms with Crippen molar-refractivity contribution in [3.8, 4) is 18.1 Å². The molecule has 22 heavy (non-hydrogen) atoms. The van der Waals surface area contributed by atoms with E-state index in [0.717, 1.165) is 0 Å². The van der Waals surface area contributed by atoms with Crippen LogP contribution in [0.3, 0.4) is 0 Å². The maximum absolute atomic E-state index is 11.6. The van der Waals surface area contributed by atoms with Crippen molar-refractivity contribution in [2.75, 3.05) is 0 Å². The number of esters is 1. The fraction of sp³-hybridized carbons (Fsp3) is 0.250. The number of carbonyl (C=O) groups is 1. The van der Waals surface area contributed by atoms with E-state index in [1.54, 1.807) is 6.07 Å². The quantitative estimate of drug-likeness (QED) is 0.381. The number of ether oxygens (including phenoxy) is 1. The average molecular weight is 365 g/mol. The second-order valence-electron chi connectivity index (χ2n) is 4.61. The molecule has 5 nitrogen and oxygen atoms in total. The smallest absolute Gasteiger partial charge is 0.336 e. The van der Waals surface area contributed by atoms with Crippen molar-refractivity contribution >= 4 is 32.9 Å². The van der Waals surface area contributed by atoms with Crippen molar-refractivity contribution in [1.29, 1.82) is 0 Å². The third-order valence-electron chi connectivity index (χ3n) is 2.99. The Morgan fingerprint density at radius 3 is 2.91 bits per heavy atom. The van der Waals surface area contributed by atoms with Gasteiger partial charge in [-0.3, -0.25) is 4.79 Å². The summed E-state index contributed by atoms with van der Waals surface area (Å²) >= 11 is 3.19. The number of phenolic OH excluding ortho intramolecular Hbond substituents is 1. The van der Waals surface area contributed by atoms with Crippen LogP contribution in [0.5, 0.6) is 5.75 Å². The predicted molar refractivity (Wildman–Crippen MR) is 84.3 cm³/mol. The molecule has 0 unspecified atom stereocenters. The van der Waals surface area contributed by atoms with Crippen LogP contribution in [0.15, 0.2) is 31.9 Å². The molecular formula is C16H13BrO5. The first-order valence-electron chi connectivity index (χ1n) is 6.55. The number of halogens is 1. The van der Waals surface area contributed by atoms with Gasteiger partial charge in [0.2, 0.25) is 0 Å². The molecule has 0 spiro atoms. The molecule has 0 fully saturated rings. The van der Waals surface area contributed by atoms with Crippen molar-refractivity contribution in [2.24, 2.45) is 0 Å². The van der Waals surface area contributed by atoms with Gasteiger partial charge in [-0.2, -0.15) is 0 Å². The zero-order valence-corrected chi connectivity index (χ0v) is 13.2. The molecule has 114 valence electrons. The first-order chi connectivity index (χ1) is 10.5. The second-order valence-corrected chi connectivity index (χ2v) is 5.46. The van der Waals surface area contributed by atoms with Crippen LogP contribution in [0, 0.1) is 12.3 Å². The lowest BCUT2D eigenvalue weighted by atomic mass is 10.1. The van der Waals surface area contributed by atoms with Gasteiger partial charge >= 0.3 is 11.6 Å². The third kappa shape index (κ3) is 3.89. The number of fused-ring (bicyclic) bond motifs is 1. The van der Waals surface area contributed by atoms with Crippen LogP contribution < -0.4 is 5.63 Å². The van der Waals surface area contributed by atoms with E-state index in [-0.39, 0.29) is 30.3 Å². The van der Waals surface area contributed by atoms with Crippen LogP contribution in [0.25, 0.3) is 11.0 Å². The highest BCUT2D eigenvalue weighted by atomic mass is 79.9. The van der Waals surface area contributed by atoms with Gasteiger partial charge in [0.1, 0.15) is 17.9 Å². The lowest BCUT2D eigenvalue weighted by molar-refractivity contribution is -0.145. The van der Waals surface area contributed by atoms with Crippen LogP contribution in [0.2, 0.25) is 0 Å². The summed E-state index contributed by atoms with van der Waals surface area (Å²) < 4.78 is 10.6. The maximum Gasteiger partial charge on any atom is 0.336 e. The number of benzene rings is 1. The summed E-state index contributed by atoms with van der Waals surface area (Å²) in [6.07, 6.45) is 6.42. The number of terminal acetylenes is 1. The van der Waals surface area contributed by atoms with Crippen molar-refractivity contribution in [3.63, 3.8) is 0 Å². The largest absolute Gasteiger partial charge is 0.507 e. The summed E-state index contributed by atoms with van der Waals surface area (Å²) in [5, 5.41) is 10.2. The first-order valence-corrected chi connectivity index (χ1v) is 7.35. The third-order valence-corrected chi connectivity index (χ3v) is 3.62. The van der Waals surface area contributed by atoms with Gasteiger partial charge in [-0.05, 0) is 28.4 Å². The van der Waals surface area contributed by atoms with E-state index in [1.165, 1.54) is 12.1 Å². The molecule has 0 atom stereocenters. The Morgan fingerprint density at radius 2 is 2.18 bits per heavy atom. The normalized spacial score (nSPS) is 10.4. The van der Waals surface area contributed by atoms with Crippen molar-refractivity contribution in [2.45, 2.75) is 25.9 Å². The Bertz CT molecular complexity index is 801. The molecule has 6 heteroatoms. The highest BCUT2D eigenvalue weighted by molar-refractivity contribution is 9.10. The fourth-order valence-corrected chi connectivity index (χ4v) is 2.26. The minimum atomic E-state index is -0.576. The molecule has 0 bridgehead atoms. The predicted octanol–water partition coefficient (Wildman–Crippen LogP) is 3.11. The zero-order valence-electron chi connectivity index (χ0n) is 11.6. The summed E-state index contributed by atoms with van der Waals surface area (Å²) in [6.45, 7) is -0.0474. The number of carbonyl (C=O) groups excluding carboxylic acids is 1. The van der Waals surface area contributed by atoms with Crippen LogP contribution in [-0.4, -0.2) is 11.1 Å². The number of aromatic hydroxyl groups is 1. The van der Waals surface area contributed by atoms with Crippen LogP contribution >= 0.6 is 15.9 Å². The highest BCUT2D eigenvalue weighted by Crippen LogP contribution is 2.30. The molecular weight excluding hydrogens is 352 g/mol. The summed E-state index contributed by atoms with van der Waals surface area (Å²) in [5.74, 6) is 2.03. The average Bonchev–Trinajstić information content (AvgIpc) is 2.47. The standard InChI is InChI=1S/C16H13BrO5/c1-2-3-4-5-15(19)21-9-10-6-16(20)22-14-8-13(18)12(17)7-11(10)14/h1,6-8,18H,3-5,9H2. The number of rotatable bonds is 5. The molecule has 0 saturated heterocycles. The van der Waals surface area contributed by atoms with Crippen LogP contribution in [0.4, 0.5) is 0 Å². The number of hydrogen-bond acceptors (Lipinski definition) is 5. The number of unbranched alkanes of at least 4 members (excludes halogenated alkanes) is 1. The summed E-state index contributed by atoms with van der Waals surface area (Å²) in [7, 11) is 0. The van der Waals surface area contributed by atoms with E-state index >= 15 is 0 Å². The molecule has 0 aliphatic heterocycles. The lowest BCUT2D eigenvalue weighted by Gasteiger charge is -2.08. The van der Waals surface area contributed by atoms with Crippen LogP contribution in [-0.2, 0) is 16.1 Å². The van der Waals surface area contributed by atoms with E-state index < -0.39 is 5.63 Å². The minimum absolute atomic E-state index is 0.0425. The van der Waals surface area contributed by atoms with Gasteiger partial charge in [0.25, 0.3) is 0 Å². The second kappa shape index (κ2) is 7.14. The molecule has 0 saturated carbocycles.